The number of nitrogens with zero attached hydrogens (tertiary/aromatic N) is 3. The fourth-order valence-corrected chi connectivity index (χ4v) is 4.97. The smallest absolute Gasteiger partial charge is 0.237 e. The maximum absolute atomic E-state index is 12.8. The predicted molar refractivity (Wildman–Crippen MR) is 125 cm³/mol. The van der Waals surface area contributed by atoms with Gasteiger partial charge in [-0.15, -0.1) is 10.2 Å². The first kappa shape index (κ1) is 21.7. The SMILES string of the molecule is COc1cccc(NC(=O)[C@H](C)Sc2nnc(-c3ccccc3Cl)n2C2CCCC2)c1. The highest BCUT2D eigenvalue weighted by atomic mass is 35.5. The average molecular weight is 457 g/mol. The Labute approximate surface area is 191 Å². The van der Waals surface area contributed by atoms with Gasteiger partial charge in [0.15, 0.2) is 11.0 Å². The van der Waals surface area contributed by atoms with E-state index in [1.807, 2.05) is 49.4 Å². The number of halogens is 1. The van der Waals surface area contributed by atoms with Gasteiger partial charge in [0.2, 0.25) is 5.91 Å². The van der Waals surface area contributed by atoms with Gasteiger partial charge in [0, 0.05) is 23.4 Å². The number of amides is 1. The summed E-state index contributed by atoms with van der Waals surface area (Å²) in [5.41, 5.74) is 1.56. The lowest BCUT2D eigenvalue weighted by molar-refractivity contribution is -0.115. The second-order valence-corrected chi connectivity index (χ2v) is 9.29. The van der Waals surface area contributed by atoms with Crippen molar-refractivity contribution in [1.82, 2.24) is 14.8 Å². The Balaban J connectivity index is 1.57. The maximum Gasteiger partial charge on any atom is 0.237 e. The first-order valence-corrected chi connectivity index (χ1v) is 11.6. The Bertz CT molecular complexity index is 1070. The summed E-state index contributed by atoms with van der Waals surface area (Å²) in [6.07, 6.45) is 4.52. The van der Waals surface area contributed by atoms with Gasteiger partial charge in [-0.05, 0) is 44.0 Å². The van der Waals surface area contributed by atoms with E-state index in [-0.39, 0.29) is 11.2 Å². The molecule has 0 unspecified atom stereocenters. The van der Waals surface area contributed by atoms with E-state index in [0.29, 0.717) is 22.5 Å². The third-order valence-corrected chi connectivity index (χ3v) is 6.84. The summed E-state index contributed by atoms with van der Waals surface area (Å²) in [5, 5.41) is 12.9. The zero-order chi connectivity index (χ0) is 21.8. The zero-order valence-electron chi connectivity index (χ0n) is 17.5. The van der Waals surface area contributed by atoms with Crippen LogP contribution >= 0.6 is 23.4 Å². The van der Waals surface area contributed by atoms with Crippen LogP contribution in [-0.2, 0) is 4.79 Å². The number of carbonyl (C=O) groups excluding carboxylic acids is 1. The number of ether oxygens (including phenoxy) is 1. The van der Waals surface area contributed by atoms with Gasteiger partial charge < -0.3 is 10.1 Å². The number of hydrogen-bond donors (Lipinski definition) is 1. The molecule has 1 heterocycles. The van der Waals surface area contributed by atoms with Crippen molar-refractivity contribution < 1.29 is 9.53 Å². The lowest BCUT2D eigenvalue weighted by Crippen LogP contribution is -2.23. The third kappa shape index (κ3) is 4.88. The van der Waals surface area contributed by atoms with Gasteiger partial charge in [0.05, 0.1) is 17.4 Å². The highest BCUT2D eigenvalue weighted by Crippen LogP contribution is 2.39. The van der Waals surface area contributed by atoms with Crippen LogP contribution < -0.4 is 10.1 Å². The second kappa shape index (κ2) is 9.75. The monoisotopic (exact) mass is 456 g/mol. The van der Waals surface area contributed by atoms with Crippen LogP contribution in [0.1, 0.15) is 38.6 Å². The van der Waals surface area contributed by atoms with Crippen LogP contribution in [0.4, 0.5) is 5.69 Å². The Kier molecular flexibility index (Phi) is 6.83. The van der Waals surface area contributed by atoms with Gasteiger partial charge in [-0.25, -0.2) is 0 Å². The van der Waals surface area contributed by atoms with Gasteiger partial charge in [-0.1, -0.05) is 54.4 Å². The second-order valence-electron chi connectivity index (χ2n) is 7.58. The van der Waals surface area contributed by atoms with Crippen LogP contribution in [0.3, 0.4) is 0 Å². The minimum Gasteiger partial charge on any atom is -0.497 e. The molecule has 2 aromatic carbocycles. The summed E-state index contributed by atoms with van der Waals surface area (Å²) in [4.78, 5) is 12.8. The van der Waals surface area contributed by atoms with Crippen LogP contribution in [0, 0.1) is 0 Å². The molecule has 31 heavy (non-hydrogen) atoms. The Hall–Kier alpha value is -2.51. The molecule has 1 N–H and O–H groups in total. The van der Waals surface area contributed by atoms with E-state index in [2.05, 4.69) is 20.1 Å². The normalized spacial score (nSPS) is 15.1. The van der Waals surface area contributed by atoms with E-state index in [1.165, 1.54) is 24.6 Å². The van der Waals surface area contributed by atoms with Crippen molar-refractivity contribution in [2.24, 2.45) is 0 Å². The number of thioether (sulfide) groups is 1. The van der Waals surface area contributed by atoms with E-state index in [9.17, 15) is 4.79 Å². The van der Waals surface area contributed by atoms with Crippen molar-refractivity contribution in [1.29, 1.82) is 0 Å². The van der Waals surface area contributed by atoms with E-state index < -0.39 is 0 Å². The van der Waals surface area contributed by atoms with Gasteiger partial charge in [0.25, 0.3) is 0 Å². The molecule has 1 amide bonds. The minimum atomic E-state index is -0.352. The number of benzene rings is 2. The fourth-order valence-electron chi connectivity index (χ4n) is 3.83. The number of rotatable bonds is 7. The summed E-state index contributed by atoms with van der Waals surface area (Å²) in [5.74, 6) is 1.36. The zero-order valence-corrected chi connectivity index (χ0v) is 19.1. The molecule has 8 heteroatoms. The number of methoxy groups -OCH3 is 1. The van der Waals surface area contributed by atoms with Crippen molar-refractivity contribution in [3.05, 3.63) is 53.6 Å². The maximum atomic E-state index is 12.8. The van der Waals surface area contributed by atoms with Crippen LogP contribution in [0.15, 0.2) is 53.7 Å². The van der Waals surface area contributed by atoms with Crippen LogP contribution in [0.5, 0.6) is 5.75 Å². The Morgan fingerprint density at radius 3 is 2.71 bits per heavy atom. The molecule has 0 saturated heterocycles. The third-order valence-electron chi connectivity index (χ3n) is 5.46. The standard InChI is InChI=1S/C23H25ClN4O2S/c1-15(22(29)25-16-8-7-11-18(14-16)30-2)31-23-27-26-21(19-12-5-6-13-20(19)24)28(23)17-9-3-4-10-17/h5-8,11-15,17H,3-4,9-10H2,1-2H3,(H,25,29)/t15-/m0/s1. The lowest BCUT2D eigenvalue weighted by Gasteiger charge is -2.19. The van der Waals surface area contributed by atoms with Crippen LogP contribution in [0.2, 0.25) is 5.02 Å². The van der Waals surface area contributed by atoms with E-state index >= 15 is 0 Å². The molecular formula is C23H25ClN4O2S. The van der Waals surface area contributed by atoms with Crippen molar-refractivity contribution in [3.8, 4) is 17.1 Å². The summed E-state index contributed by atoms with van der Waals surface area (Å²) in [7, 11) is 1.60. The summed E-state index contributed by atoms with van der Waals surface area (Å²) in [6.45, 7) is 1.88. The number of aromatic nitrogens is 3. The molecule has 1 saturated carbocycles. The summed E-state index contributed by atoms with van der Waals surface area (Å²) >= 11 is 7.87. The molecule has 6 nitrogen and oxygen atoms in total. The van der Waals surface area contributed by atoms with Gasteiger partial charge >= 0.3 is 0 Å². The highest BCUT2D eigenvalue weighted by Gasteiger charge is 2.28. The van der Waals surface area contributed by atoms with E-state index in [0.717, 1.165) is 29.4 Å². The molecule has 0 radical (unpaired) electrons. The molecule has 1 fully saturated rings. The number of nitrogens with one attached hydrogen (secondary N) is 1. The Morgan fingerprint density at radius 2 is 1.97 bits per heavy atom. The predicted octanol–water partition coefficient (Wildman–Crippen LogP) is 5.84. The van der Waals surface area contributed by atoms with Gasteiger partial charge in [-0.3, -0.25) is 9.36 Å². The molecule has 1 aliphatic carbocycles. The topological polar surface area (TPSA) is 69.0 Å². The molecular weight excluding hydrogens is 432 g/mol. The van der Waals surface area contributed by atoms with Crippen molar-refractivity contribution in [3.63, 3.8) is 0 Å². The quantitative estimate of drug-likeness (QED) is 0.452. The molecule has 0 spiro atoms. The van der Waals surface area contributed by atoms with Crippen LogP contribution in [-0.4, -0.2) is 33.0 Å². The van der Waals surface area contributed by atoms with Gasteiger partial charge in [0.1, 0.15) is 5.75 Å². The van der Waals surface area contributed by atoms with Crippen molar-refractivity contribution >= 4 is 35.0 Å². The minimum absolute atomic E-state index is 0.0986. The number of anilines is 1. The van der Waals surface area contributed by atoms with Crippen molar-refractivity contribution in [2.45, 2.75) is 49.1 Å². The average Bonchev–Trinajstić information content (AvgIpc) is 3.44. The Morgan fingerprint density at radius 1 is 1.19 bits per heavy atom. The highest BCUT2D eigenvalue weighted by molar-refractivity contribution is 8.00. The summed E-state index contributed by atoms with van der Waals surface area (Å²) in [6, 6.07) is 15.3. The molecule has 1 atom stereocenters. The molecule has 0 bridgehead atoms. The lowest BCUT2D eigenvalue weighted by atomic mass is 10.2. The molecule has 162 valence electrons. The van der Waals surface area contributed by atoms with Gasteiger partial charge in [-0.2, -0.15) is 0 Å². The molecule has 3 aromatic rings. The molecule has 4 rings (SSSR count). The van der Waals surface area contributed by atoms with Crippen molar-refractivity contribution in [2.75, 3.05) is 12.4 Å². The fraction of sp³-hybridized carbons (Fsp3) is 0.348. The number of hydrogen-bond acceptors (Lipinski definition) is 5. The van der Waals surface area contributed by atoms with E-state index in [1.54, 1.807) is 13.2 Å². The first-order chi connectivity index (χ1) is 15.1. The molecule has 0 aliphatic heterocycles. The largest absolute Gasteiger partial charge is 0.497 e. The number of carbonyl (C=O) groups is 1. The summed E-state index contributed by atoms with van der Waals surface area (Å²) < 4.78 is 7.41. The molecule has 1 aromatic heterocycles. The van der Waals surface area contributed by atoms with Crippen LogP contribution in [0.25, 0.3) is 11.4 Å². The van der Waals surface area contributed by atoms with E-state index in [4.69, 9.17) is 16.3 Å². The first-order valence-electron chi connectivity index (χ1n) is 10.4. The molecule has 1 aliphatic rings.